The maximum absolute atomic E-state index is 10.9. The van der Waals surface area contributed by atoms with Gasteiger partial charge in [0.1, 0.15) is 0 Å². The molecule has 5 nitrogen and oxygen atoms in total. The van der Waals surface area contributed by atoms with E-state index < -0.39 is 5.97 Å². The van der Waals surface area contributed by atoms with Crippen LogP contribution in [0.15, 0.2) is 30.5 Å². The van der Waals surface area contributed by atoms with Crippen LogP contribution in [-0.2, 0) is 16.8 Å². The fourth-order valence-electron chi connectivity index (χ4n) is 2.50. The Morgan fingerprint density at radius 3 is 2.57 bits per heavy atom. The highest BCUT2D eigenvalue weighted by Gasteiger charge is 2.24. The zero-order valence-corrected chi connectivity index (χ0v) is 14.6. The Balaban J connectivity index is 2.41. The molecule has 0 aliphatic rings. The van der Waals surface area contributed by atoms with Crippen molar-refractivity contribution in [3.05, 3.63) is 46.7 Å². The molecule has 0 aliphatic carbocycles. The molecular weight excluding hydrogens is 314 g/mol. The van der Waals surface area contributed by atoms with Crippen LogP contribution in [0.2, 0.25) is 5.02 Å². The van der Waals surface area contributed by atoms with Crippen LogP contribution >= 0.6 is 11.6 Å². The molecule has 0 unspecified atom stereocenters. The van der Waals surface area contributed by atoms with E-state index in [4.69, 9.17) is 21.8 Å². The zero-order chi connectivity index (χ0) is 17.2. The van der Waals surface area contributed by atoms with Gasteiger partial charge in [-0.3, -0.25) is 9.69 Å². The van der Waals surface area contributed by atoms with Crippen molar-refractivity contribution in [2.45, 2.75) is 32.7 Å². The van der Waals surface area contributed by atoms with Crippen molar-refractivity contribution in [1.82, 2.24) is 14.7 Å². The molecule has 23 heavy (non-hydrogen) atoms. The van der Waals surface area contributed by atoms with Crippen molar-refractivity contribution in [2.24, 2.45) is 0 Å². The van der Waals surface area contributed by atoms with Crippen LogP contribution in [-0.4, -0.2) is 39.3 Å². The summed E-state index contributed by atoms with van der Waals surface area (Å²) in [4.78, 5) is 12.6. The summed E-state index contributed by atoms with van der Waals surface area (Å²) in [5.41, 5.74) is 2.61. The Bertz CT molecular complexity index is 704. The number of nitrogens with zero attached hydrogens (tertiary/aromatic N) is 3. The van der Waals surface area contributed by atoms with Crippen LogP contribution in [0.5, 0.6) is 0 Å². The van der Waals surface area contributed by atoms with Gasteiger partial charge in [0, 0.05) is 23.7 Å². The van der Waals surface area contributed by atoms with Gasteiger partial charge in [0.25, 0.3) is 0 Å². The molecule has 2 rings (SSSR count). The summed E-state index contributed by atoms with van der Waals surface area (Å²) in [6.45, 7) is 6.77. The summed E-state index contributed by atoms with van der Waals surface area (Å²) in [6.07, 6.45) is 1.93. The molecule has 0 saturated heterocycles. The summed E-state index contributed by atoms with van der Waals surface area (Å²) in [5.74, 6) is -0.844. The Labute approximate surface area is 141 Å². The lowest BCUT2D eigenvalue weighted by Gasteiger charge is -2.20. The van der Waals surface area contributed by atoms with Crippen molar-refractivity contribution < 1.29 is 9.90 Å². The second kappa shape index (κ2) is 6.72. The Morgan fingerprint density at radius 2 is 2.00 bits per heavy atom. The predicted octanol–water partition coefficient (Wildman–Crippen LogP) is 3.34. The van der Waals surface area contributed by atoms with Gasteiger partial charge in [-0.05, 0) is 19.2 Å². The fourth-order valence-corrected chi connectivity index (χ4v) is 2.72. The number of rotatable bonds is 5. The molecular formula is C17H22ClN3O2. The number of aliphatic carboxylic acids is 1. The zero-order valence-electron chi connectivity index (χ0n) is 13.9. The van der Waals surface area contributed by atoms with Crippen molar-refractivity contribution in [1.29, 1.82) is 0 Å². The maximum atomic E-state index is 10.9. The van der Waals surface area contributed by atoms with Crippen molar-refractivity contribution in [3.8, 4) is 5.69 Å². The Morgan fingerprint density at radius 1 is 1.35 bits per heavy atom. The number of halogens is 1. The van der Waals surface area contributed by atoms with E-state index in [0.717, 1.165) is 16.9 Å². The van der Waals surface area contributed by atoms with Crippen LogP contribution in [0, 0.1) is 0 Å². The molecule has 124 valence electrons. The van der Waals surface area contributed by atoms with E-state index in [2.05, 4.69) is 20.8 Å². The third kappa shape index (κ3) is 4.33. The average Bonchev–Trinajstić information content (AvgIpc) is 2.81. The number of hydrogen-bond acceptors (Lipinski definition) is 3. The first-order valence-corrected chi connectivity index (χ1v) is 7.80. The summed E-state index contributed by atoms with van der Waals surface area (Å²) in [6, 6.07) is 7.52. The first-order valence-electron chi connectivity index (χ1n) is 7.42. The van der Waals surface area contributed by atoms with Gasteiger partial charge in [0.2, 0.25) is 0 Å². The molecule has 0 spiro atoms. The molecule has 2 aromatic rings. The molecule has 0 amide bonds. The van der Waals surface area contributed by atoms with E-state index in [1.807, 2.05) is 30.5 Å². The van der Waals surface area contributed by atoms with Gasteiger partial charge >= 0.3 is 5.97 Å². The molecule has 0 atom stereocenters. The van der Waals surface area contributed by atoms with Gasteiger partial charge < -0.3 is 5.11 Å². The molecule has 0 bridgehead atoms. The average molecular weight is 336 g/mol. The minimum atomic E-state index is -0.844. The SMILES string of the molecule is CN(CC(=O)O)Cc1cn(-c2ccccc2Cl)nc1C(C)(C)C. The fraction of sp³-hybridized carbons (Fsp3) is 0.412. The van der Waals surface area contributed by atoms with Crippen LogP contribution in [0.4, 0.5) is 0 Å². The summed E-state index contributed by atoms with van der Waals surface area (Å²) >= 11 is 6.26. The van der Waals surface area contributed by atoms with Crippen LogP contribution in [0.25, 0.3) is 5.69 Å². The highest BCUT2D eigenvalue weighted by molar-refractivity contribution is 6.32. The number of para-hydroxylation sites is 1. The van der Waals surface area contributed by atoms with Crippen molar-refractivity contribution in [3.63, 3.8) is 0 Å². The highest BCUT2D eigenvalue weighted by atomic mass is 35.5. The number of carboxylic acids is 1. The normalized spacial score (nSPS) is 11.9. The third-order valence-electron chi connectivity index (χ3n) is 3.45. The largest absolute Gasteiger partial charge is 0.480 e. The van der Waals surface area contributed by atoms with E-state index in [-0.39, 0.29) is 12.0 Å². The molecule has 6 heteroatoms. The number of aromatic nitrogens is 2. The van der Waals surface area contributed by atoms with E-state index in [0.29, 0.717) is 11.6 Å². The summed E-state index contributed by atoms with van der Waals surface area (Å²) < 4.78 is 1.77. The molecule has 0 aliphatic heterocycles. The predicted molar refractivity (Wildman–Crippen MR) is 91.2 cm³/mol. The smallest absolute Gasteiger partial charge is 0.317 e. The number of hydrogen-bond donors (Lipinski definition) is 1. The van der Waals surface area contributed by atoms with Crippen LogP contribution in [0.1, 0.15) is 32.0 Å². The van der Waals surface area contributed by atoms with Crippen molar-refractivity contribution >= 4 is 17.6 Å². The standard InChI is InChI=1S/C17H22ClN3O2/c1-17(2,3)16-12(9-20(4)11-15(22)23)10-21(19-16)14-8-6-5-7-13(14)18/h5-8,10H,9,11H2,1-4H3,(H,22,23). The first kappa shape index (κ1) is 17.5. The highest BCUT2D eigenvalue weighted by Crippen LogP contribution is 2.28. The molecule has 0 saturated carbocycles. The summed E-state index contributed by atoms with van der Waals surface area (Å²) in [7, 11) is 1.79. The monoisotopic (exact) mass is 335 g/mol. The minimum absolute atomic E-state index is 0.0130. The number of likely N-dealkylation sites (N-methyl/N-ethyl adjacent to an activating group) is 1. The molecule has 0 fully saturated rings. The molecule has 1 heterocycles. The van der Waals surface area contributed by atoms with Gasteiger partial charge in [0.05, 0.1) is 22.9 Å². The number of carbonyl (C=O) groups is 1. The summed E-state index contributed by atoms with van der Waals surface area (Å²) in [5, 5.41) is 14.3. The first-order chi connectivity index (χ1) is 10.7. The lowest BCUT2D eigenvalue weighted by atomic mass is 9.89. The Kier molecular flexibility index (Phi) is 5.12. The number of carboxylic acid groups (broad SMARTS) is 1. The molecule has 1 aromatic carbocycles. The van der Waals surface area contributed by atoms with E-state index in [9.17, 15) is 4.79 Å². The van der Waals surface area contributed by atoms with Crippen molar-refractivity contribution in [2.75, 3.05) is 13.6 Å². The van der Waals surface area contributed by atoms with Gasteiger partial charge in [-0.15, -0.1) is 0 Å². The lowest BCUT2D eigenvalue weighted by Crippen LogP contribution is -2.26. The number of benzene rings is 1. The second-order valence-electron chi connectivity index (χ2n) is 6.71. The van der Waals surface area contributed by atoms with Gasteiger partial charge in [-0.1, -0.05) is 44.5 Å². The minimum Gasteiger partial charge on any atom is -0.480 e. The van der Waals surface area contributed by atoms with Crippen LogP contribution in [0.3, 0.4) is 0 Å². The second-order valence-corrected chi connectivity index (χ2v) is 7.12. The third-order valence-corrected chi connectivity index (χ3v) is 3.76. The van der Waals surface area contributed by atoms with E-state index in [1.54, 1.807) is 16.6 Å². The Hall–Kier alpha value is -1.85. The maximum Gasteiger partial charge on any atom is 0.317 e. The topological polar surface area (TPSA) is 58.4 Å². The van der Waals surface area contributed by atoms with Gasteiger partial charge in [0.15, 0.2) is 0 Å². The van der Waals surface area contributed by atoms with Gasteiger partial charge in [-0.25, -0.2) is 4.68 Å². The molecule has 1 aromatic heterocycles. The van der Waals surface area contributed by atoms with E-state index in [1.165, 1.54) is 0 Å². The lowest BCUT2D eigenvalue weighted by molar-refractivity contribution is -0.138. The van der Waals surface area contributed by atoms with Gasteiger partial charge in [-0.2, -0.15) is 5.10 Å². The van der Waals surface area contributed by atoms with Crippen LogP contribution < -0.4 is 0 Å². The van der Waals surface area contributed by atoms with E-state index >= 15 is 0 Å². The quantitative estimate of drug-likeness (QED) is 0.910. The molecule has 1 N–H and O–H groups in total. The molecule has 0 radical (unpaired) electrons.